The zero-order chi connectivity index (χ0) is 13.9. The van der Waals surface area contributed by atoms with Crippen molar-refractivity contribution in [2.45, 2.75) is 12.8 Å². The summed E-state index contributed by atoms with van der Waals surface area (Å²) >= 11 is 12.2. The lowest BCUT2D eigenvalue weighted by atomic mass is 10.1. The minimum Gasteiger partial charge on any atom is -0.324 e. The number of hydrogen-bond donors (Lipinski definition) is 2. The summed E-state index contributed by atoms with van der Waals surface area (Å²) in [7, 11) is 0. The Hall–Kier alpha value is -1.36. The number of nitrogens with one attached hydrogen (secondary N) is 2. The first-order valence-electron chi connectivity index (χ1n) is 6.51. The van der Waals surface area contributed by atoms with E-state index in [2.05, 4.69) is 20.6 Å². The van der Waals surface area contributed by atoms with Gasteiger partial charge >= 0.3 is 0 Å². The van der Waals surface area contributed by atoms with Crippen molar-refractivity contribution in [1.29, 1.82) is 0 Å². The molecule has 2 N–H and O–H groups in total. The van der Waals surface area contributed by atoms with Crippen molar-refractivity contribution in [2.24, 2.45) is 0 Å². The first-order valence-corrected chi connectivity index (χ1v) is 7.26. The molecule has 2 heterocycles. The van der Waals surface area contributed by atoms with Gasteiger partial charge in [-0.1, -0.05) is 29.3 Å². The minimum atomic E-state index is 0.512. The molecule has 0 atom stereocenters. The average molecular weight is 309 g/mol. The van der Waals surface area contributed by atoms with Gasteiger partial charge in [-0.3, -0.25) is 0 Å². The molecule has 0 radical (unpaired) electrons. The van der Waals surface area contributed by atoms with Crippen molar-refractivity contribution in [3.63, 3.8) is 0 Å². The van der Waals surface area contributed by atoms with E-state index in [-0.39, 0.29) is 0 Å². The Morgan fingerprint density at radius 2 is 1.95 bits per heavy atom. The number of halogens is 2. The maximum atomic E-state index is 6.27. The van der Waals surface area contributed by atoms with E-state index in [1.165, 1.54) is 0 Å². The molecule has 1 aromatic carbocycles. The molecular formula is C14H14Cl2N4. The fraction of sp³-hybridized carbons (Fsp3) is 0.286. The molecule has 0 bridgehead atoms. The number of benzene rings is 1. The summed E-state index contributed by atoms with van der Waals surface area (Å²) in [5.74, 6) is 0.512. The van der Waals surface area contributed by atoms with Gasteiger partial charge in [0.1, 0.15) is 5.15 Å². The minimum absolute atomic E-state index is 0.512. The Bertz CT molecular complexity index is 631. The number of fused-ring (bicyclic) bond motifs is 1. The number of hydrogen-bond acceptors (Lipinski definition) is 4. The molecule has 1 aromatic heterocycles. The maximum Gasteiger partial charge on any atom is 0.228 e. The summed E-state index contributed by atoms with van der Waals surface area (Å²) < 4.78 is 0. The number of anilines is 2. The smallest absolute Gasteiger partial charge is 0.228 e. The van der Waals surface area contributed by atoms with Crippen LogP contribution >= 0.6 is 23.2 Å². The predicted molar refractivity (Wildman–Crippen MR) is 82.1 cm³/mol. The molecule has 0 aliphatic carbocycles. The van der Waals surface area contributed by atoms with Gasteiger partial charge in [0.05, 0.1) is 5.69 Å². The van der Waals surface area contributed by atoms with Crippen molar-refractivity contribution >= 4 is 34.8 Å². The first kappa shape index (κ1) is 13.6. The topological polar surface area (TPSA) is 49.8 Å². The van der Waals surface area contributed by atoms with Crippen LogP contribution in [0.25, 0.3) is 0 Å². The van der Waals surface area contributed by atoms with Crippen LogP contribution in [0.3, 0.4) is 0 Å². The van der Waals surface area contributed by atoms with Crippen LogP contribution in [0.2, 0.25) is 10.2 Å². The summed E-state index contributed by atoms with van der Waals surface area (Å²) in [5, 5.41) is 7.68. The molecular weight excluding hydrogens is 295 g/mol. The summed E-state index contributed by atoms with van der Waals surface area (Å²) in [6.07, 6.45) is 1.73. The van der Waals surface area contributed by atoms with Gasteiger partial charge in [0.15, 0.2) is 0 Å². The van der Waals surface area contributed by atoms with Gasteiger partial charge in [-0.15, -0.1) is 0 Å². The van der Waals surface area contributed by atoms with Crippen LogP contribution < -0.4 is 10.6 Å². The summed E-state index contributed by atoms with van der Waals surface area (Å²) in [6, 6.07) is 7.44. The van der Waals surface area contributed by atoms with E-state index >= 15 is 0 Å². The van der Waals surface area contributed by atoms with Crippen molar-refractivity contribution in [1.82, 2.24) is 15.3 Å². The van der Waals surface area contributed by atoms with Gasteiger partial charge in [-0.05, 0) is 31.2 Å². The van der Waals surface area contributed by atoms with Crippen LogP contribution in [0.1, 0.15) is 11.3 Å². The highest BCUT2D eigenvalue weighted by molar-refractivity contribution is 6.31. The van der Waals surface area contributed by atoms with Gasteiger partial charge in [0, 0.05) is 29.2 Å². The molecule has 3 rings (SSSR count). The van der Waals surface area contributed by atoms with Crippen molar-refractivity contribution in [3.8, 4) is 0 Å². The van der Waals surface area contributed by atoms with Crippen LogP contribution in [-0.4, -0.2) is 23.1 Å². The van der Waals surface area contributed by atoms with Gasteiger partial charge < -0.3 is 10.6 Å². The molecule has 1 aliphatic heterocycles. The van der Waals surface area contributed by atoms with E-state index in [9.17, 15) is 0 Å². The molecule has 0 spiro atoms. The maximum absolute atomic E-state index is 6.27. The van der Waals surface area contributed by atoms with Crippen LogP contribution in [0.5, 0.6) is 0 Å². The van der Waals surface area contributed by atoms with Gasteiger partial charge in [0.25, 0.3) is 0 Å². The molecule has 20 heavy (non-hydrogen) atoms. The summed E-state index contributed by atoms with van der Waals surface area (Å²) in [5.41, 5.74) is 2.91. The number of rotatable bonds is 2. The fourth-order valence-corrected chi connectivity index (χ4v) is 2.72. The Morgan fingerprint density at radius 3 is 2.80 bits per heavy atom. The molecule has 6 heteroatoms. The van der Waals surface area contributed by atoms with E-state index < -0.39 is 0 Å². The Kier molecular flexibility index (Phi) is 4.05. The van der Waals surface area contributed by atoms with Crippen LogP contribution in [0.15, 0.2) is 24.3 Å². The van der Waals surface area contributed by atoms with E-state index in [1.807, 2.05) is 24.3 Å². The van der Waals surface area contributed by atoms with Gasteiger partial charge in [-0.2, -0.15) is 0 Å². The molecule has 0 saturated heterocycles. The first-order chi connectivity index (χ1) is 9.72. The zero-order valence-electron chi connectivity index (χ0n) is 10.8. The molecule has 4 nitrogen and oxygen atoms in total. The third kappa shape index (κ3) is 3.03. The normalized spacial score (nSPS) is 14.5. The highest BCUT2D eigenvalue weighted by Gasteiger charge is 2.15. The van der Waals surface area contributed by atoms with Crippen LogP contribution in [0, 0.1) is 0 Å². The molecule has 0 amide bonds. The summed E-state index contributed by atoms with van der Waals surface area (Å²) in [6.45, 7) is 1.83. The zero-order valence-corrected chi connectivity index (χ0v) is 12.3. The van der Waals surface area contributed by atoms with Crippen molar-refractivity contribution in [2.75, 3.05) is 18.4 Å². The number of aromatic nitrogens is 2. The van der Waals surface area contributed by atoms with Crippen molar-refractivity contribution in [3.05, 3.63) is 45.7 Å². The van der Waals surface area contributed by atoms with E-state index in [4.69, 9.17) is 23.2 Å². The molecule has 2 aromatic rings. The lowest BCUT2D eigenvalue weighted by Gasteiger charge is -2.10. The van der Waals surface area contributed by atoms with Gasteiger partial charge in [-0.25, -0.2) is 9.97 Å². The lowest BCUT2D eigenvalue weighted by Crippen LogP contribution is -2.16. The highest BCUT2D eigenvalue weighted by atomic mass is 35.5. The van der Waals surface area contributed by atoms with E-state index in [0.717, 1.165) is 42.9 Å². The second-order valence-corrected chi connectivity index (χ2v) is 5.44. The third-order valence-electron chi connectivity index (χ3n) is 3.21. The Balaban J connectivity index is 1.91. The van der Waals surface area contributed by atoms with E-state index in [1.54, 1.807) is 0 Å². The number of nitrogens with zero attached hydrogens (tertiary/aromatic N) is 2. The largest absolute Gasteiger partial charge is 0.324 e. The fourth-order valence-electron chi connectivity index (χ4n) is 2.25. The van der Waals surface area contributed by atoms with Crippen molar-refractivity contribution < 1.29 is 0 Å². The standard InChI is InChI=1S/C14H14Cl2N4/c15-9-2-1-3-10(8-9)18-14-19-12-5-7-17-6-4-11(12)13(16)20-14/h1-3,8,17H,4-7H2,(H,18,19,20). The molecule has 1 aliphatic rings. The van der Waals surface area contributed by atoms with Crippen LogP contribution in [0.4, 0.5) is 11.6 Å². The second kappa shape index (κ2) is 5.95. The summed E-state index contributed by atoms with van der Waals surface area (Å²) in [4.78, 5) is 8.89. The molecule has 0 unspecified atom stereocenters. The lowest BCUT2D eigenvalue weighted by molar-refractivity contribution is 0.708. The second-order valence-electron chi connectivity index (χ2n) is 4.65. The van der Waals surface area contributed by atoms with E-state index in [0.29, 0.717) is 16.1 Å². The molecule has 0 fully saturated rings. The third-order valence-corrected chi connectivity index (χ3v) is 3.76. The predicted octanol–water partition coefficient (Wildman–Crippen LogP) is 3.22. The van der Waals surface area contributed by atoms with Gasteiger partial charge in [0.2, 0.25) is 5.95 Å². The highest BCUT2D eigenvalue weighted by Crippen LogP contribution is 2.23. The Morgan fingerprint density at radius 1 is 1.10 bits per heavy atom. The SMILES string of the molecule is Clc1cccc(Nc2nc(Cl)c3c(n2)CCNCC3)c1. The monoisotopic (exact) mass is 308 g/mol. The quantitative estimate of drug-likeness (QED) is 0.836. The van der Waals surface area contributed by atoms with Crippen LogP contribution in [-0.2, 0) is 12.8 Å². The molecule has 0 saturated carbocycles. The Labute approximate surface area is 127 Å². The average Bonchev–Trinajstić information content (AvgIpc) is 2.64. The molecule has 104 valence electrons.